The maximum absolute atomic E-state index is 13.3. The third kappa shape index (κ3) is 3.07. The van der Waals surface area contributed by atoms with Crippen molar-refractivity contribution >= 4 is 17.5 Å². The van der Waals surface area contributed by atoms with E-state index < -0.39 is 0 Å². The smallest absolute Gasteiger partial charge is 0.228 e. The van der Waals surface area contributed by atoms with E-state index in [0.29, 0.717) is 29.9 Å². The Morgan fingerprint density at radius 2 is 1.81 bits per heavy atom. The second-order valence-electron chi connectivity index (χ2n) is 11.3. The van der Waals surface area contributed by atoms with Crippen LogP contribution in [0.1, 0.15) is 65.7 Å². The van der Waals surface area contributed by atoms with Gasteiger partial charge in [0.15, 0.2) is 0 Å². The largest absolute Gasteiger partial charge is 0.326 e. The number of nitrogens with zero attached hydrogens (tertiary/aromatic N) is 1. The molecular weight excluding hydrogens is 403 g/mol. The number of carbonyl (C=O) groups is 2. The van der Waals surface area contributed by atoms with Crippen molar-refractivity contribution in [3.8, 4) is 0 Å². The molecule has 1 aromatic rings. The van der Waals surface area contributed by atoms with Crippen LogP contribution in [0, 0.1) is 40.3 Å². The molecule has 3 fully saturated rings. The summed E-state index contributed by atoms with van der Waals surface area (Å²) in [6, 6.07) is 6.05. The van der Waals surface area contributed by atoms with Crippen LogP contribution in [0.3, 0.4) is 0 Å². The van der Waals surface area contributed by atoms with Crippen molar-refractivity contribution in [1.82, 2.24) is 4.90 Å². The molecule has 1 heterocycles. The second kappa shape index (κ2) is 7.43. The van der Waals surface area contributed by atoms with Crippen LogP contribution in [-0.2, 0) is 9.59 Å². The fraction of sp³-hybridized carbons (Fsp3) is 0.630. The van der Waals surface area contributed by atoms with Gasteiger partial charge in [0.25, 0.3) is 0 Å². The van der Waals surface area contributed by atoms with Crippen LogP contribution in [-0.4, -0.2) is 23.8 Å². The number of hydrogen-bond acceptors (Lipinski definition) is 2. The van der Waals surface area contributed by atoms with Crippen molar-refractivity contribution in [1.29, 1.82) is 0 Å². The summed E-state index contributed by atoms with van der Waals surface area (Å²) in [4.78, 5) is 27.7. The average molecular weight is 439 g/mol. The molecule has 3 aliphatic carbocycles. The van der Waals surface area contributed by atoms with Gasteiger partial charge in [-0.05, 0) is 92.9 Å². The van der Waals surface area contributed by atoms with Gasteiger partial charge in [-0.25, -0.2) is 4.39 Å². The molecule has 1 aromatic carbocycles. The van der Waals surface area contributed by atoms with Crippen LogP contribution >= 0.6 is 0 Å². The molecule has 0 radical (unpaired) electrons. The van der Waals surface area contributed by atoms with Crippen LogP contribution in [0.4, 0.5) is 10.1 Å². The standard InChI is InChI=1S/C27H35FN2O2/c1-16-15-19-20-9-10-22(25(32)29-18-7-5-17(28)6-8-18)26(20,2)13-11-21(19)27(3)14-12-23(31)30(4)24(16)27/h5-8,19-22H,9-15H2,1-4H3,(H,29,32)/t19-,20-,21+,22?,26-,27+/m0/s1. The lowest BCUT2D eigenvalue weighted by Gasteiger charge is -2.59. The molecule has 2 saturated carbocycles. The van der Waals surface area contributed by atoms with E-state index in [1.807, 2.05) is 11.9 Å². The number of allylic oxidation sites excluding steroid dienone is 2. The SMILES string of the molecule is CC1=C2N(C)C(=O)CC[C@]2(C)[C@@H]2CC[C@]3(C)C(C(=O)Nc4ccc(F)cc4)CC[C@H]3[C@@H]2C1. The predicted molar refractivity (Wildman–Crippen MR) is 123 cm³/mol. The number of carbonyl (C=O) groups excluding carboxylic acids is 2. The van der Waals surface area contributed by atoms with E-state index in [9.17, 15) is 14.0 Å². The topological polar surface area (TPSA) is 49.4 Å². The summed E-state index contributed by atoms with van der Waals surface area (Å²) in [6.45, 7) is 6.95. The molecule has 1 N–H and O–H groups in total. The molecule has 5 rings (SSSR count). The second-order valence-corrected chi connectivity index (χ2v) is 11.3. The van der Waals surface area contributed by atoms with Crippen molar-refractivity contribution in [2.75, 3.05) is 12.4 Å². The van der Waals surface area contributed by atoms with Crippen LogP contribution in [0.15, 0.2) is 35.5 Å². The molecule has 172 valence electrons. The number of hydrogen-bond donors (Lipinski definition) is 1. The third-order valence-electron chi connectivity index (χ3n) is 9.74. The monoisotopic (exact) mass is 438 g/mol. The zero-order valence-corrected chi connectivity index (χ0v) is 19.7. The van der Waals surface area contributed by atoms with Crippen LogP contribution in [0.25, 0.3) is 0 Å². The number of nitrogens with one attached hydrogen (secondary N) is 1. The molecule has 0 spiro atoms. The lowest BCUT2D eigenvalue weighted by Crippen LogP contribution is -2.54. The number of rotatable bonds is 2. The summed E-state index contributed by atoms with van der Waals surface area (Å²) in [5.41, 5.74) is 3.37. The minimum Gasteiger partial charge on any atom is -0.326 e. The van der Waals surface area contributed by atoms with Gasteiger partial charge in [0, 0.05) is 36.2 Å². The van der Waals surface area contributed by atoms with Crippen molar-refractivity contribution in [2.24, 2.45) is 34.5 Å². The molecule has 4 nitrogen and oxygen atoms in total. The van der Waals surface area contributed by atoms with E-state index >= 15 is 0 Å². The first kappa shape index (κ1) is 21.7. The molecule has 5 heteroatoms. The first-order valence-electron chi connectivity index (χ1n) is 12.2. The number of benzene rings is 1. The van der Waals surface area contributed by atoms with Crippen molar-refractivity contribution < 1.29 is 14.0 Å². The highest BCUT2D eigenvalue weighted by atomic mass is 19.1. The van der Waals surface area contributed by atoms with E-state index in [1.54, 1.807) is 12.1 Å². The maximum atomic E-state index is 13.3. The van der Waals surface area contributed by atoms with E-state index in [1.165, 1.54) is 23.4 Å². The number of halogens is 1. The van der Waals surface area contributed by atoms with E-state index in [0.717, 1.165) is 38.5 Å². The first-order valence-corrected chi connectivity index (χ1v) is 12.2. The molecular formula is C27H35FN2O2. The van der Waals surface area contributed by atoms with Gasteiger partial charge in [0.1, 0.15) is 5.82 Å². The van der Waals surface area contributed by atoms with Gasteiger partial charge in [0.2, 0.25) is 11.8 Å². The van der Waals surface area contributed by atoms with E-state index in [2.05, 4.69) is 26.1 Å². The Morgan fingerprint density at radius 3 is 2.53 bits per heavy atom. The fourth-order valence-electron chi connectivity index (χ4n) is 8.30. The molecule has 0 aromatic heterocycles. The van der Waals surface area contributed by atoms with Crippen LogP contribution in [0.5, 0.6) is 0 Å². The number of piperidine rings is 1. The summed E-state index contributed by atoms with van der Waals surface area (Å²) < 4.78 is 13.3. The van der Waals surface area contributed by atoms with Gasteiger partial charge in [-0.2, -0.15) is 0 Å². The van der Waals surface area contributed by atoms with Crippen LogP contribution < -0.4 is 5.32 Å². The van der Waals surface area contributed by atoms with Crippen molar-refractivity contribution in [3.63, 3.8) is 0 Å². The number of anilines is 1. The number of amides is 2. The highest BCUT2D eigenvalue weighted by Crippen LogP contribution is 2.66. The first-order chi connectivity index (χ1) is 15.1. The molecule has 4 aliphatic rings. The molecule has 1 unspecified atom stereocenters. The third-order valence-corrected chi connectivity index (χ3v) is 9.74. The predicted octanol–water partition coefficient (Wildman–Crippen LogP) is 5.76. The van der Waals surface area contributed by atoms with E-state index in [4.69, 9.17) is 0 Å². The zero-order chi connectivity index (χ0) is 22.8. The van der Waals surface area contributed by atoms with Gasteiger partial charge >= 0.3 is 0 Å². The van der Waals surface area contributed by atoms with Crippen molar-refractivity contribution in [2.45, 2.75) is 65.7 Å². The Kier molecular flexibility index (Phi) is 5.03. The summed E-state index contributed by atoms with van der Waals surface area (Å²) in [7, 11) is 1.96. The molecule has 6 atom stereocenters. The molecule has 2 amide bonds. The van der Waals surface area contributed by atoms with Gasteiger partial charge in [-0.3, -0.25) is 9.59 Å². The van der Waals surface area contributed by atoms with Gasteiger partial charge in [0.05, 0.1) is 0 Å². The average Bonchev–Trinajstić information content (AvgIpc) is 3.10. The van der Waals surface area contributed by atoms with Crippen molar-refractivity contribution in [3.05, 3.63) is 41.4 Å². The zero-order valence-electron chi connectivity index (χ0n) is 19.7. The Morgan fingerprint density at radius 1 is 1.09 bits per heavy atom. The Balaban J connectivity index is 1.41. The lowest BCUT2D eigenvalue weighted by molar-refractivity contribution is -0.137. The summed E-state index contributed by atoms with van der Waals surface area (Å²) in [6.07, 6.45) is 6.81. The van der Waals surface area contributed by atoms with Gasteiger partial charge < -0.3 is 10.2 Å². The Labute approximate surface area is 190 Å². The molecule has 1 aliphatic heterocycles. The molecule has 0 bridgehead atoms. The lowest BCUT2D eigenvalue weighted by atomic mass is 9.48. The van der Waals surface area contributed by atoms with E-state index in [-0.39, 0.29) is 34.4 Å². The summed E-state index contributed by atoms with van der Waals surface area (Å²) >= 11 is 0. The van der Waals surface area contributed by atoms with Crippen LogP contribution in [0.2, 0.25) is 0 Å². The number of fused-ring (bicyclic) bond motifs is 5. The quantitative estimate of drug-likeness (QED) is 0.638. The maximum Gasteiger partial charge on any atom is 0.228 e. The summed E-state index contributed by atoms with van der Waals surface area (Å²) in [5, 5.41) is 3.05. The number of likely N-dealkylation sites (tertiary alicyclic amines) is 1. The van der Waals surface area contributed by atoms with Gasteiger partial charge in [-0.15, -0.1) is 0 Å². The normalized spacial score (nSPS) is 38.8. The Hall–Kier alpha value is -2.17. The minimum absolute atomic E-state index is 0.00416. The Bertz CT molecular complexity index is 986. The molecule has 1 saturated heterocycles. The summed E-state index contributed by atoms with van der Waals surface area (Å²) in [5.74, 6) is 1.71. The van der Waals surface area contributed by atoms with Gasteiger partial charge in [-0.1, -0.05) is 19.4 Å². The minimum atomic E-state index is -0.294. The highest BCUT2D eigenvalue weighted by molar-refractivity contribution is 5.93. The molecule has 32 heavy (non-hydrogen) atoms. The fourth-order valence-corrected chi connectivity index (χ4v) is 8.30. The highest BCUT2D eigenvalue weighted by Gasteiger charge is 2.61.